The average Bonchev–Trinajstić information content (AvgIpc) is 2.67. The van der Waals surface area contributed by atoms with E-state index in [1.54, 1.807) is 6.92 Å². The topological polar surface area (TPSA) is 78.0 Å². The zero-order chi connectivity index (χ0) is 15.5. The van der Waals surface area contributed by atoms with Gasteiger partial charge in [-0.2, -0.15) is 5.10 Å². The first-order valence-corrected chi connectivity index (χ1v) is 7.15. The summed E-state index contributed by atoms with van der Waals surface area (Å²) in [6, 6.07) is 0. The van der Waals surface area contributed by atoms with Gasteiger partial charge in [0.15, 0.2) is 0 Å². The lowest BCUT2D eigenvalue weighted by Crippen LogP contribution is -2.45. The molecule has 0 radical (unpaired) electrons. The Hall–Kier alpha value is -1.36. The lowest BCUT2D eigenvalue weighted by molar-refractivity contribution is -0.126. The zero-order valence-corrected chi connectivity index (χ0v) is 13.4. The van der Waals surface area contributed by atoms with Gasteiger partial charge in [0.1, 0.15) is 0 Å². The van der Waals surface area contributed by atoms with Crippen molar-refractivity contribution >= 4 is 5.91 Å². The summed E-state index contributed by atoms with van der Waals surface area (Å²) in [7, 11) is 0. The minimum Gasteiger partial charge on any atom is -0.388 e. The quantitative estimate of drug-likeness (QED) is 0.743. The number of rotatable bonds is 6. The van der Waals surface area contributed by atoms with Crippen LogP contribution < -0.4 is 5.32 Å². The second kappa shape index (κ2) is 6.39. The number of nitrogens with one attached hydrogen (secondary N) is 2. The molecule has 1 rings (SSSR count). The highest BCUT2D eigenvalue weighted by Gasteiger charge is 2.26. The number of aromatic nitrogens is 2. The maximum atomic E-state index is 12.1. The molecule has 5 heteroatoms. The Morgan fingerprint density at radius 2 is 2.00 bits per heavy atom. The van der Waals surface area contributed by atoms with E-state index < -0.39 is 5.60 Å². The number of aryl methyl sites for hydroxylation is 2. The van der Waals surface area contributed by atoms with Crippen LogP contribution in [0.25, 0.3) is 0 Å². The smallest absolute Gasteiger partial charge is 0.223 e. The van der Waals surface area contributed by atoms with Crippen molar-refractivity contribution in [3.8, 4) is 0 Å². The second-order valence-corrected chi connectivity index (χ2v) is 6.25. The van der Waals surface area contributed by atoms with Crippen LogP contribution in [0.4, 0.5) is 0 Å². The Balaban J connectivity index is 2.56. The summed E-state index contributed by atoms with van der Waals surface area (Å²) in [5, 5.41) is 20.0. The van der Waals surface area contributed by atoms with Crippen LogP contribution in [0.2, 0.25) is 0 Å². The summed E-state index contributed by atoms with van der Waals surface area (Å²) in [4.78, 5) is 12.1. The predicted molar refractivity (Wildman–Crippen MR) is 79.4 cm³/mol. The van der Waals surface area contributed by atoms with Crippen LogP contribution in [-0.4, -0.2) is 33.4 Å². The number of H-pyrrole nitrogens is 1. The highest BCUT2D eigenvalue weighted by atomic mass is 16.3. The fourth-order valence-electron chi connectivity index (χ4n) is 1.92. The fraction of sp³-hybridized carbons (Fsp3) is 0.733. The predicted octanol–water partition coefficient (Wildman–Crippen LogP) is 1.73. The van der Waals surface area contributed by atoms with Crippen LogP contribution in [-0.2, 0) is 11.2 Å². The minimum absolute atomic E-state index is 0.0362. The molecule has 2 atom stereocenters. The van der Waals surface area contributed by atoms with E-state index in [2.05, 4.69) is 15.5 Å². The number of amides is 1. The molecule has 114 valence electrons. The molecule has 1 amide bonds. The number of hydrogen-bond donors (Lipinski definition) is 3. The zero-order valence-electron chi connectivity index (χ0n) is 13.4. The molecule has 0 aliphatic rings. The van der Waals surface area contributed by atoms with Crippen LogP contribution in [0.5, 0.6) is 0 Å². The van der Waals surface area contributed by atoms with Gasteiger partial charge >= 0.3 is 0 Å². The normalized spacial score (nSPS) is 16.0. The van der Waals surface area contributed by atoms with Crippen LogP contribution in [0, 0.1) is 25.7 Å². The lowest BCUT2D eigenvalue weighted by atomic mass is 9.92. The van der Waals surface area contributed by atoms with E-state index in [1.165, 1.54) is 0 Å². The van der Waals surface area contributed by atoms with Gasteiger partial charge in [-0.05, 0) is 38.7 Å². The number of hydrogen-bond acceptors (Lipinski definition) is 3. The summed E-state index contributed by atoms with van der Waals surface area (Å²) in [6.45, 7) is 11.7. The Bertz CT molecular complexity index is 444. The van der Waals surface area contributed by atoms with Gasteiger partial charge in [0.25, 0.3) is 0 Å². The van der Waals surface area contributed by atoms with Crippen LogP contribution in [0.3, 0.4) is 0 Å². The van der Waals surface area contributed by atoms with Gasteiger partial charge in [-0.3, -0.25) is 9.89 Å². The van der Waals surface area contributed by atoms with Crippen molar-refractivity contribution in [1.82, 2.24) is 15.5 Å². The summed E-state index contributed by atoms with van der Waals surface area (Å²) in [5.74, 6) is -0.0876. The third-order valence-electron chi connectivity index (χ3n) is 4.10. The molecule has 20 heavy (non-hydrogen) atoms. The van der Waals surface area contributed by atoms with Crippen LogP contribution >= 0.6 is 0 Å². The standard InChI is InChI=1S/C15H27N3O2/c1-9(2)15(6,20)8-16-14(19)10(3)7-13-11(4)17-18-12(13)5/h9-10,20H,7-8H2,1-6H3,(H,16,19)(H,17,18). The number of nitrogens with zero attached hydrogens (tertiary/aromatic N) is 1. The van der Waals surface area contributed by atoms with E-state index >= 15 is 0 Å². The molecule has 0 aliphatic heterocycles. The summed E-state index contributed by atoms with van der Waals surface area (Å²) in [6.07, 6.45) is 0.657. The Kier molecular flexibility index (Phi) is 5.34. The molecule has 0 spiro atoms. The molecule has 0 fully saturated rings. The van der Waals surface area contributed by atoms with Gasteiger partial charge in [-0.1, -0.05) is 20.8 Å². The summed E-state index contributed by atoms with van der Waals surface area (Å²) < 4.78 is 0. The molecule has 0 aliphatic carbocycles. The largest absolute Gasteiger partial charge is 0.388 e. The molecule has 2 unspecified atom stereocenters. The maximum Gasteiger partial charge on any atom is 0.223 e. The minimum atomic E-state index is -0.878. The third-order valence-corrected chi connectivity index (χ3v) is 4.10. The molecule has 0 aromatic carbocycles. The SMILES string of the molecule is Cc1n[nH]c(C)c1CC(C)C(=O)NCC(C)(O)C(C)C. The maximum absolute atomic E-state index is 12.1. The van der Waals surface area contributed by atoms with Crippen molar-refractivity contribution in [3.63, 3.8) is 0 Å². The van der Waals surface area contributed by atoms with Crippen molar-refractivity contribution in [2.75, 3.05) is 6.54 Å². The second-order valence-electron chi connectivity index (χ2n) is 6.25. The number of aromatic amines is 1. The van der Waals surface area contributed by atoms with Gasteiger partial charge in [0, 0.05) is 18.2 Å². The fourth-order valence-corrected chi connectivity index (χ4v) is 1.92. The van der Waals surface area contributed by atoms with E-state index in [4.69, 9.17) is 0 Å². The molecule has 0 bridgehead atoms. The third kappa shape index (κ3) is 4.07. The van der Waals surface area contributed by atoms with Crippen molar-refractivity contribution in [2.24, 2.45) is 11.8 Å². The van der Waals surface area contributed by atoms with Gasteiger partial charge in [0.05, 0.1) is 11.3 Å². The summed E-state index contributed by atoms with van der Waals surface area (Å²) in [5.41, 5.74) is 2.17. The Labute approximate surface area is 121 Å². The lowest BCUT2D eigenvalue weighted by Gasteiger charge is -2.28. The van der Waals surface area contributed by atoms with Crippen molar-refractivity contribution < 1.29 is 9.90 Å². The first-order chi connectivity index (χ1) is 9.15. The molecule has 1 aromatic rings. The van der Waals surface area contributed by atoms with Gasteiger partial charge in [0.2, 0.25) is 5.91 Å². The summed E-state index contributed by atoms with van der Waals surface area (Å²) >= 11 is 0. The van der Waals surface area contributed by atoms with E-state index in [9.17, 15) is 9.90 Å². The molecule has 0 saturated carbocycles. The monoisotopic (exact) mass is 281 g/mol. The van der Waals surface area contributed by atoms with E-state index in [0.29, 0.717) is 6.42 Å². The average molecular weight is 281 g/mol. The van der Waals surface area contributed by atoms with Gasteiger partial charge in [-0.25, -0.2) is 0 Å². The van der Waals surface area contributed by atoms with Gasteiger partial charge in [-0.15, -0.1) is 0 Å². The molecular weight excluding hydrogens is 254 g/mol. The molecule has 0 saturated heterocycles. The van der Waals surface area contributed by atoms with E-state index in [0.717, 1.165) is 17.0 Å². The van der Waals surface area contributed by atoms with E-state index in [-0.39, 0.29) is 24.3 Å². The first kappa shape index (κ1) is 16.7. The van der Waals surface area contributed by atoms with Crippen molar-refractivity contribution in [3.05, 3.63) is 17.0 Å². The molecule has 5 nitrogen and oxygen atoms in total. The van der Waals surface area contributed by atoms with Crippen molar-refractivity contribution in [1.29, 1.82) is 0 Å². The Morgan fingerprint density at radius 1 is 1.40 bits per heavy atom. The van der Waals surface area contributed by atoms with Crippen LogP contribution in [0.1, 0.15) is 44.6 Å². The van der Waals surface area contributed by atoms with Crippen molar-refractivity contribution in [2.45, 2.75) is 53.6 Å². The number of aliphatic hydroxyl groups is 1. The molecule has 1 heterocycles. The number of carbonyl (C=O) groups is 1. The molecule has 3 N–H and O–H groups in total. The first-order valence-electron chi connectivity index (χ1n) is 7.15. The molecule has 1 aromatic heterocycles. The highest BCUT2D eigenvalue weighted by Crippen LogP contribution is 2.17. The molecular formula is C15H27N3O2. The number of carbonyl (C=O) groups excluding carboxylic acids is 1. The Morgan fingerprint density at radius 3 is 2.45 bits per heavy atom. The van der Waals surface area contributed by atoms with Gasteiger partial charge < -0.3 is 10.4 Å². The van der Waals surface area contributed by atoms with Crippen LogP contribution in [0.15, 0.2) is 0 Å². The van der Waals surface area contributed by atoms with E-state index in [1.807, 2.05) is 34.6 Å². The highest BCUT2D eigenvalue weighted by molar-refractivity contribution is 5.78.